The van der Waals surface area contributed by atoms with Crippen molar-refractivity contribution in [3.05, 3.63) is 29.3 Å². The molecule has 0 spiro atoms. The number of aliphatic hydroxyl groups excluding tert-OH is 2. The molecule has 0 aromatic heterocycles. The Labute approximate surface area is 161 Å². The van der Waals surface area contributed by atoms with E-state index in [0.717, 1.165) is 57.3 Å². The highest BCUT2D eigenvalue weighted by Crippen LogP contribution is 2.60. The van der Waals surface area contributed by atoms with E-state index in [4.69, 9.17) is 9.47 Å². The molecule has 4 heteroatoms. The molecule has 5 rings (SSSR count). The second kappa shape index (κ2) is 6.75. The van der Waals surface area contributed by atoms with Crippen LogP contribution >= 0.6 is 0 Å². The fourth-order valence-electron chi connectivity index (χ4n) is 6.58. The Morgan fingerprint density at radius 1 is 1.15 bits per heavy atom. The van der Waals surface area contributed by atoms with Gasteiger partial charge in [-0.25, -0.2) is 0 Å². The van der Waals surface area contributed by atoms with E-state index < -0.39 is 12.2 Å². The van der Waals surface area contributed by atoms with Crippen molar-refractivity contribution >= 4 is 0 Å². The summed E-state index contributed by atoms with van der Waals surface area (Å²) in [7, 11) is 0. The van der Waals surface area contributed by atoms with Crippen molar-refractivity contribution in [2.75, 3.05) is 6.61 Å². The Balaban J connectivity index is 1.36. The van der Waals surface area contributed by atoms with Gasteiger partial charge in [0, 0.05) is 6.42 Å². The van der Waals surface area contributed by atoms with E-state index in [1.807, 2.05) is 0 Å². The van der Waals surface area contributed by atoms with E-state index in [1.165, 1.54) is 17.5 Å². The van der Waals surface area contributed by atoms with Crippen molar-refractivity contribution in [3.8, 4) is 5.75 Å². The second-order valence-electron chi connectivity index (χ2n) is 9.48. The Bertz CT molecular complexity index is 698. The maximum Gasteiger partial charge on any atom is 0.199 e. The van der Waals surface area contributed by atoms with E-state index in [-0.39, 0.29) is 11.7 Å². The highest BCUT2D eigenvalue weighted by atomic mass is 16.7. The molecule has 7 atom stereocenters. The zero-order valence-corrected chi connectivity index (χ0v) is 16.3. The van der Waals surface area contributed by atoms with Gasteiger partial charge < -0.3 is 19.7 Å². The fraction of sp³-hybridized carbons (Fsp3) is 0.739. The number of aliphatic hydroxyl groups is 2. The summed E-state index contributed by atoms with van der Waals surface area (Å²) in [6.07, 6.45) is 7.19. The molecule has 1 heterocycles. The predicted octanol–water partition coefficient (Wildman–Crippen LogP) is 3.78. The molecule has 3 fully saturated rings. The van der Waals surface area contributed by atoms with Crippen molar-refractivity contribution in [1.82, 2.24) is 0 Å². The molecular weight excluding hydrogens is 340 g/mol. The third-order valence-electron chi connectivity index (χ3n) is 8.08. The van der Waals surface area contributed by atoms with Crippen LogP contribution in [-0.4, -0.2) is 35.3 Å². The monoisotopic (exact) mass is 372 g/mol. The van der Waals surface area contributed by atoms with Gasteiger partial charge in [0.15, 0.2) is 6.29 Å². The number of rotatable bonds is 2. The fourth-order valence-corrected chi connectivity index (χ4v) is 6.58. The molecule has 2 N–H and O–H groups in total. The lowest BCUT2D eigenvalue weighted by Crippen LogP contribution is -2.44. The van der Waals surface area contributed by atoms with Crippen LogP contribution in [0.5, 0.6) is 5.75 Å². The van der Waals surface area contributed by atoms with Crippen LogP contribution in [-0.2, 0) is 11.2 Å². The van der Waals surface area contributed by atoms with E-state index in [0.29, 0.717) is 17.8 Å². The van der Waals surface area contributed by atoms with Crippen LogP contribution < -0.4 is 4.74 Å². The van der Waals surface area contributed by atoms with E-state index >= 15 is 0 Å². The van der Waals surface area contributed by atoms with Crippen LogP contribution in [0.3, 0.4) is 0 Å². The Morgan fingerprint density at radius 3 is 2.85 bits per heavy atom. The lowest BCUT2D eigenvalue weighted by atomic mass is 9.55. The molecule has 0 bridgehead atoms. The number of ether oxygens (including phenoxy) is 2. The summed E-state index contributed by atoms with van der Waals surface area (Å²) < 4.78 is 11.8. The molecule has 0 unspecified atom stereocenters. The summed E-state index contributed by atoms with van der Waals surface area (Å²) >= 11 is 0. The molecule has 0 radical (unpaired) electrons. The first-order chi connectivity index (χ1) is 13.1. The predicted molar refractivity (Wildman–Crippen MR) is 103 cm³/mol. The average Bonchev–Trinajstić information content (AvgIpc) is 2.92. The molecule has 1 saturated heterocycles. The van der Waals surface area contributed by atoms with Crippen molar-refractivity contribution in [2.45, 2.75) is 82.7 Å². The first-order valence-corrected chi connectivity index (χ1v) is 10.8. The van der Waals surface area contributed by atoms with E-state index in [1.54, 1.807) is 0 Å². The Morgan fingerprint density at radius 2 is 2.04 bits per heavy atom. The molecule has 4 aliphatic rings. The Kier molecular flexibility index (Phi) is 4.49. The van der Waals surface area contributed by atoms with Gasteiger partial charge in [0.25, 0.3) is 0 Å². The molecule has 4 nitrogen and oxygen atoms in total. The van der Waals surface area contributed by atoms with Gasteiger partial charge in [-0.15, -0.1) is 0 Å². The molecular formula is C23H32O4. The minimum Gasteiger partial charge on any atom is -0.465 e. The zero-order chi connectivity index (χ0) is 18.6. The lowest BCUT2D eigenvalue weighted by molar-refractivity contribution is -0.105. The zero-order valence-electron chi connectivity index (χ0n) is 16.3. The summed E-state index contributed by atoms with van der Waals surface area (Å²) in [5, 5.41) is 20.8. The van der Waals surface area contributed by atoms with E-state index in [9.17, 15) is 10.2 Å². The minimum atomic E-state index is -0.559. The molecule has 1 aromatic rings. The van der Waals surface area contributed by atoms with Crippen LogP contribution in [0, 0.1) is 17.3 Å². The first kappa shape index (κ1) is 18.0. The number of benzene rings is 1. The van der Waals surface area contributed by atoms with Gasteiger partial charge in [-0.05, 0) is 91.4 Å². The highest BCUT2D eigenvalue weighted by Gasteiger charge is 2.57. The summed E-state index contributed by atoms with van der Waals surface area (Å²) in [4.78, 5) is 0. The van der Waals surface area contributed by atoms with Crippen molar-refractivity contribution in [3.63, 3.8) is 0 Å². The van der Waals surface area contributed by atoms with E-state index in [2.05, 4.69) is 25.1 Å². The molecule has 27 heavy (non-hydrogen) atoms. The second-order valence-corrected chi connectivity index (χ2v) is 9.48. The van der Waals surface area contributed by atoms with Crippen molar-refractivity contribution in [1.29, 1.82) is 0 Å². The quantitative estimate of drug-likeness (QED) is 0.829. The molecule has 3 aliphatic carbocycles. The Hall–Kier alpha value is -1.10. The van der Waals surface area contributed by atoms with Gasteiger partial charge in [-0.2, -0.15) is 0 Å². The van der Waals surface area contributed by atoms with Crippen LogP contribution in [0.4, 0.5) is 0 Å². The maximum absolute atomic E-state index is 10.6. The van der Waals surface area contributed by atoms with Crippen LogP contribution in [0.25, 0.3) is 0 Å². The van der Waals surface area contributed by atoms with Crippen molar-refractivity contribution < 1.29 is 19.7 Å². The largest absolute Gasteiger partial charge is 0.465 e. The summed E-state index contributed by atoms with van der Waals surface area (Å²) in [6, 6.07) is 6.62. The SMILES string of the molecule is C[C@]12CC[C@@H]3c4ccc(O[C@@H]5CCCCO5)cc4CC[C@H]3[C@@H]1C[C@H](O)[C@@H]2O. The molecule has 2 saturated carbocycles. The van der Waals surface area contributed by atoms with Gasteiger partial charge in [-0.3, -0.25) is 0 Å². The standard InChI is InChI=1S/C23H32O4/c1-23-10-9-17-16-8-6-15(27-21-4-2-3-11-26-21)12-14(16)5-7-18(17)19(23)13-20(24)22(23)25/h6,8,12,17-22,24-25H,2-5,7,9-11,13H2,1H3/t17-,18-,19+,20+,21-,22+,23+/m1/s1. The van der Waals surface area contributed by atoms with Gasteiger partial charge >= 0.3 is 0 Å². The molecule has 1 aromatic carbocycles. The average molecular weight is 373 g/mol. The number of aryl methyl sites for hydroxylation is 1. The number of fused-ring (bicyclic) bond motifs is 5. The summed E-state index contributed by atoms with van der Waals surface area (Å²) in [6.45, 7) is 3.00. The maximum atomic E-state index is 10.6. The van der Waals surface area contributed by atoms with Gasteiger partial charge in [0.05, 0.1) is 18.8 Å². The number of hydrogen-bond donors (Lipinski definition) is 2. The van der Waals surface area contributed by atoms with Crippen LogP contribution in [0.15, 0.2) is 18.2 Å². The van der Waals surface area contributed by atoms with Crippen LogP contribution in [0.1, 0.15) is 68.9 Å². The normalized spacial score (nSPS) is 43.5. The highest BCUT2D eigenvalue weighted by molar-refractivity contribution is 5.41. The van der Waals surface area contributed by atoms with Crippen LogP contribution in [0.2, 0.25) is 0 Å². The lowest BCUT2D eigenvalue weighted by Gasteiger charge is -2.49. The smallest absolute Gasteiger partial charge is 0.199 e. The van der Waals surface area contributed by atoms with Gasteiger partial charge in [0.1, 0.15) is 5.75 Å². The number of hydrogen-bond acceptors (Lipinski definition) is 4. The molecule has 148 valence electrons. The summed E-state index contributed by atoms with van der Waals surface area (Å²) in [5.41, 5.74) is 2.78. The van der Waals surface area contributed by atoms with Gasteiger partial charge in [0.2, 0.25) is 0 Å². The molecule has 0 amide bonds. The van der Waals surface area contributed by atoms with Crippen molar-refractivity contribution in [2.24, 2.45) is 17.3 Å². The minimum absolute atomic E-state index is 0.0926. The molecule has 1 aliphatic heterocycles. The third-order valence-corrected chi connectivity index (χ3v) is 8.08. The van der Waals surface area contributed by atoms with Gasteiger partial charge in [-0.1, -0.05) is 13.0 Å². The summed E-state index contributed by atoms with van der Waals surface area (Å²) in [5.74, 6) is 2.51. The third kappa shape index (κ3) is 2.92. The first-order valence-electron chi connectivity index (χ1n) is 10.8. The topological polar surface area (TPSA) is 58.9 Å².